The van der Waals surface area contributed by atoms with Gasteiger partial charge in [0.05, 0.1) is 17.8 Å². The highest BCUT2D eigenvalue weighted by molar-refractivity contribution is 5.76. The molecule has 0 bridgehead atoms. The van der Waals surface area contributed by atoms with Gasteiger partial charge < -0.3 is 5.32 Å². The van der Waals surface area contributed by atoms with E-state index in [4.69, 9.17) is 0 Å². The third-order valence-corrected chi connectivity index (χ3v) is 4.36. The van der Waals surface area contributed by atoms with Gasteiger partial charge in [0.2, 0.25) is 5.91 Å². The summed E-state index contributed by atoms with van der Waals surface area (Å²) in [6.45, 7) is 6.18. The normalized spacial score (nSPS) is 17.2. The van der Waals surface area contributed by atoms with E-state index in [1.807, 2.05) is 10.9 Å². The molecule has 8 heteroatoms. The molecule has 134 valence electrons. The van der Waals surface area contributed by atoms with Crippen LogP contribution >= 0.6 is 0 Å². The molecule has 0 saturated heterocycles. The summed E-state index contributed by atoms with van der Waals surface area (Å²) < 4.78 is 3.20. The maximum absolute atomic E-state index is 12.3. The number of H-pyrrole nitrogens is 1. The van der Waals surface area contributed by atoms with E-state index in [9.17, 15) is 14.4 Å². The molecule has 25 heavy (non-hydrogen) atoms. The van der Waals surface area contributed by atoms with Crippen molar-refractivity contribution in [1.29, 1.82) is 0 Å². The Morgan fingerprint density at radius 2 is 2.16 bits per heavy atom. The molecule has 3 rings (SSSR count). The number of aromatic amines is 1. The predicted molar refractivity (Wildman–Crippen MR) is 92.4 cm³/mol. The first-order chi connectivity index (χ1) is 11.8. The van der Waals surface area contributed by atoms with Crippen molar-refractivity contribution in [1.82, 2.24) is 24.6 Å². The molecule has 1 amide bonds. The Labute approximate surface area is 144 Å². The Balaban J connectivity index is 1.76. The third kappa shape index (κ3) is 3.57. The summed E-state index contributed by atoms with van der Waals surface area (Å²) >= 11 is 0. The number of amides is 1. The van der Waals surface area contributed by atoms with Crippen LogP contribution in [0.3, 0.4) is 0 Å². The van der Waals surface area contributed by atoms with Gasteiger partial charge >= 0.3 is 5.69 Å². The van der Waals surface area contributed by atoms with Gasteiger partial charge in [-0.05, 0) is 40.0 Å². The Kier molecular flexibility index (Phi) is 4.36. The molecule has 0 radical (unpaired) electrons. The fourth-order valence-corrected chi connectivity index (χ4v) is 3.25. The Morgan fingerprint density at radius 1 is 1.40 bits per heavy atom. The quantitative estimate of drug-likeness (QED) is 0.854. The molecule has 1 atom stereocenters. The number of hydrogen-bond acceptors (Lipinski definition) is 4. The number of carbonyl (C=O) groups is 1. The van der Waals surface area contributed by atoms with E-state index in [2.05, 4.69) is 36.2 Å². The average Bonchev–Trinajstić information content (AvgIpc) is 2.95. The fourth-order valence-electron chi connectivity index (χ4n) is 3.25. The SMILES string of the molecule is CC(C)(C)n1ncc2c1CCC[C@H]2NC(=O)Cn1ccc(=O)[nH]c1=O. The van der Waals surface area contributed by atoms with Crippen LogP contribution in [0.4, 0.5) is 0 Å². The van der Waals surface area contributed by atoms with Gasteiger partial charge in [0.1, 0.15) is 6.54 Å². The lowest BCUT2D eigenvalue weighted by Gasteiger charge is -2.28. The zero-order chi connectivity index (χ0) is 18.2. The van der Waals surface area contributed by atoms with Crippen molar-refractivity contribution < 1.29 is 4.79 Å². The molecule has 2 heterocycles. The van der Waals surface area contributed by atoms with E-state index >= 15 is 0 Å². The van der Waals surface area contributed by atoms with Crippen molar-refractivity contribution in [2.24, 2.45) is 0 Å². The van der Waals surface area contributed by atoms with Crippen molar-refractivity contribution >= 4 is 5.91 Å². The van der Waals surface area contributed by atoms with Gasteiger partial charge in [-0.25, -0.2) is 4.79 Å². The minimum atomic E-state index is -0.590. The van der Waals surface area contributed by atoms with E-state index in [1.165, 1.54) is 16.8 Å². The molecule has 2 N–H and O–H groups in total. The van der Waals surface area contributed by atoms with E-state index in [0.29, 0.717) is 0 Å². The number of carbonyl (C=O) groups excluding carboxylic acids is 1. The molecule has 2 aromatic rings. The summed E-state index contributed by atoms with van der Waals surface area (Å²) in [7, 11) is 0. The van der Waals surface area contributed by atoms with Gasteiger partial charge in [-0.3, -0.25) is 23.8 Å². The molecule has 1 aliphatic carbocycles. The molecule has 1 aliphatic rings. The molecule has 0 aliphatic heterocycles. The molecular formula is C17H23N5O3. The number of nitrogens with zero attached hydrogens (tertiary/aromatic N) is 3. The van der Waals surface area contributed by atoms with Gasteiger partial charge in [-0.1, -0.05) is 0 Å². The molecule has 8 nitrogen and oxygen atoms in total. The maximum Gasteiger partial charge on any atom is 0.328 e. The fraction of sp³-hybridized carbons (Fsp3) is 0.529. The minimum absolute atomic E-state index is 0.106. The Bertz CT molecular complexity index is 900. The standard InChI is InChI=1S/C17H23N5O3/c1-17(2,3)22-13-6-4-5-12(11(13)9-18-22)19-15(24)10-21-8-7-14(23)20-16(21)25/h7-9,12H,4-6,10H2,1-3H3,(H,19,24)(H,20,23,25)/t12-/m1/s1. The van der Waals surface area contributed by atoms with Crippen LogP contribution < -0.4 is 16.6 Å². The summed E-state index contributed by atoms with van der Waals surface area (Å²) in [5.41, 5.74) is 1.03. The highest BCUT2D eigenvalue weighted by Gasteiger charge is 2.28. The van der Waals surface area contributed by atoms with Crippen LogP contribution in [0.15, 0.2) is 28.0 Å². The van der Waals surface area contributed by atoms with Gasteiger partial charge in [0.25, 0.3) is 5.56 Å². The largest absolute Gasteiger partial charge is 0.348 e. The van der Waals surface area contributed by atoms with Gasteiger partial charge in [0.15, 0.2) is 0 Å². The molecule has 0 fully saturated rings. The van der Waals surface area contributed by atoms with Crippen LogP contribution in [0.1, 0.15) is 50.9 Å². The summed E-state index contributed by atoms with van der Waals surface area (Å²) in [4.78, 5) is 37.3. The highest BCUT2D eigenvalue weighted by Crippen LogP contribution is 2.32. The van der Waals surface area contributed by atoms with Gasteiger partial charge in [-0.2, -0.15) is 5.10 Å². The van der Waals surface area contributed by atoms with Crippen molar-refractivity contribution in [3.05, 3.63) is 50.6 Å². The van der Waals surface area contributed by atoms with E-state index in [-0.39, 0.29) is 24.0 Å². The lowest BCUT2D eigenvalue weighted by Crippen LogP contribution is -2.38. The molecule has 0 unspecified atom stereocenters. The van der Waals surface area contributed by atoms with Crippen LogP contribution in [0, 0.1) is 0 Å². The molecular weight excluding hydrogens is 322 g/mol. The lowest BCUT2D eigenvalue weighted by atomic mass is 9.92. The lowest BCUT2D eigenvalue weighted by molar-refractivity contribution is -0.122. The van der Waals surface area contributed by atoms with Crippen LogP contribution in [-0.2, 0) is 23.3 Å². The second-order valence-electron chi connectivity index (χ2n) is 7.38. The summed E-state index contributed by atoms with van der Waals surface area (Å²) in [6, 6.07) is 1.12. The smallest absolute Gasteiger partial charge is 0.328 e. The summed E-state index contributed by atoms with van der Waals surface area (Å²) in [5.74, 6) is -0.268. The van der Waals surface area contributed by atoms with E-state index in [0.717, 1.165) is 30.5 Å². The van der Waals surface area contributed by atoms with E-state index < -0.39 is 11.2 Å². The third-order valence-electron chi connectivity index (χ3n) is 4.36. The van der Waals surface area contributed by atoms with Gasteiger partial charge in [0, 0.05) is 23.5 Å². The van der Waals surface area contributed by atoms with Crippen LogP contribution in [0.2, 0.25) is 0 Å². The predicted octanol–water partition coefficient (Wildman–Crippen LogP) is 0.682. The molecule has 0 spiro atoms. The first-order valence-electron chi connectivity index (χ1n) is 8.42. The second kappa shape index (κ2) is 6.34. The average molecular weight is 345 g/mol. The first kappa shape index (κ1) is 17.2. The second-order valence-corrected chi connectivity index (χ2v) is 7.38. The van der Waals surface area contributed by atoms with Crippen molar-refractivity contribution in [2.45, 2.75) is 58.2 Å². The number of nitrogens with one attached hydrogen (secondary N) is 2. The Hall–Kier alpha value is -2.64. The van der Waals surface area contributed by atoms with Crippen molar-refractivity contribution in [3.63, 3.8) is 0 Å². The Morgan fingerprint density at radius 3 is 2.84 bits per heavy atom. The number of hydrogen-bond donors (Lipinski definition) is 2. The van der Waals surface area contributed by atoms with Crippen LogP contribution in [0.25, 0.3) is 0 Å². The minimum Gasteiger partial charge on any atom is -0.348 e. The summed E-state index contributed by atoms with van der Waals surface area (Å²) in [6.07, 6.45) is 5.91. The van der Waals surface area contributed by atoms with Crippen LogP contribution in [0.5, 0.6) is 0 Å². The van der Waals surface area contributed by atoms with Gasteiger partial charge in [-0.15, -0.1) is 0 Å². The number of fused-ring (bicyclic) bond motifs is 1. The highest BCUT2D eigenvalue weighted by atomic mass is 16.2. The maximum atomic E-state index is 12.3. The number of aromatic nitrogens is 4. The first-order valence-corrected chi connectivity index (χ1v) is 8.42. The molecule has 0 saturated carbocycles. The zero-order valence-corrected chi connectivity index (χ0v) is 14.7. The summed E-state index contributed by atoms with van der Waals surface area (Å²) in [5, 5.41) is 7.49. The monoisotopic (exact) mass is 345 g/mol. The zero-order valence-electron chi connectivity index (χ0n) is 14.7. The van der Waals surface area contributed by atoms with E-state index in [1.54, 1.807) is 0 Å². The molecule has 0 aromatic carbocycles. The van der Waals surface area contributed by atoms with Crippen molar-refractivity contribution in [3.8, 4) is 0 Å². The molecule has 2 aromatic heterocycles. The number of rotatable bonds is 3. The van der Waals surface area contributed by atoms with Crippen LogP contribution in [-0.4, -0.2) is 25.2 Å². The topological polar surface area (TPSA) is 102 Å². The van der Waals surface area contributed by atoms with Crippen molar-refractivity contribution in [2.75, 3.05) is 0 Å².